The van der Waals surface area contributed by atoms with Gasteiger partial charge in [-0.1, -0.05) is 6.92 Å². The SMILES string of the molecule is CCCNc1nc(C)cc(NCCc2cscn2)n1. The molecule has 0 spiro atoms. The molecule has 0 aromatic carbocycles. The van der Waals surface area contributed by atoms with Crippen molar-refractivity contribution < 1.29 is 0 Å². The van der Waals surface area contributed by atoms with Gasteiger partial charge in [-0.3, -0.25) is 0 Å². The van der Waals surface area contributed by atoms with E-state index in [1.807, 2.05) is 18.5 Å². The lowest BCUT2D eigenvalue weighted by atomic mass is 10.3. The molecule has 102 valence electrons. The lowest BCUT2D eigenvalue weighted by molar-refractivity contribution is 0.934. The molecule has 0 unspecified atom stereocenters. The zero-order valence-corrected chi connectivity index (χ0v) is 12.1. The van der Waals surface area contributed by atoms with Crippen LogP contribution in [0.3, 0.4) is 0 Å². The molecule has 0 aliphatic rings. The predicted octanol–water partition coefficient (Wildman–Crippen LogP) is 2.72. The number of anilines is 2. The second-order valence-electron chi connectivity index (χ2n) is 4.30. The van der Waals surface area contributed by atoms with Crippen molar-refractivity contribution in [2.45, 2.75) is 26.7 Å². The van der Waals surface area contributed by atoms with Crippen LogP contribution in [0.15, 0.2) is 17.0 Å². The van der Waals surface area contributed by atoms with Crippen LogP contribution in [0.5, 0.6) is 0 Å². The Labute approximate surface area is 117 Å². The van der Waals surface area contributed by atoms with E-state index in [2.05, 4.69) is 37.9 Å². The van der Waals surface area contributed by atoms with Gasteiger partial charge in [0.2, 0.25) is 5.95 Å². The minimum absolute atomic E-state index is 0.693. The van der Waals surface area contributed by atoms with E-state index in [-0.39, 0.29) is 0 Å². The van der Waals surface area contributed by atoms with Gasteiger partial charge in [-0.05, 0) is 13.3 Å². The summed E-state index contributed by atoms with van der Waals surface area (Å²) in [6, 6.07) is 1.96. The predicted molar refractivity (Wildman–Crippen MR) is 79.9 cm³/mol. The smallest absolute Gasteiger partial charge is 0.224 e. The first-order valence-corrected chi connectivity index (χ1v) is 7.42. The van der Waals surface area contributed by atoms with E-state index in [1.165, 1.54) is 0 Å². The van der Waals surface area contributed by atoms with Crippen molar-refractivity contribution in [3.05, 3.63) is 28.3 Å². The number of hydrogen-bond donors (Lipinski definition) is 2. The van der Waals surface area contributed by atoms with E-state index in [9.17, 15) is 0 Å². The first-order chi connectivity index (χ1) is 9.28. The van der Waals surface area contributed by atoms with Crippen molar-refractivity contribution in [2.24, 2.45) is 0 Å². The van der Waals surface area contributed by atoms with Crippen LogP contribution in [0.2, 0.25) is 0 Å². The van der Waals surface area contributed by atoms with Gasteiger partial charge in [0, 0.05) is 36.7 Å². The van der Waals surface area contributed by atoms with Crippen LogP contribution in [0.25, 0.3) is 0 Å². The average molecular weight is 277 g/mol. The maximum atomic E-state index is 4.44. The van der Waals surface area contributed by atoms with E-state index in [4.69, 9.17) is 0 Å². The fourth-order valence-electron chi connectivity index (χ4n) is 1.65. The molecule has 2 heterocycles. The molecule has 2 aromatic rings. The number of aromatic nitrogens is 3. The lowest BCUT2D eigenvalue weighted by Gasteiger charge is -2.08. The van der Waals surface area contributed by atoms with Crippen molar-refractivity contribution in [1.29, 1.82) is 0 Å². The van der Waals surface area contributed by atoms with Crippen LogP contribution >= 0.6 is 11.3 Å². The Bertz CT molecular complexity index is 498. The molecule has 6 heteroatoms. The highest BCUT2D eigenvalue weighted by Crippen LogP contribution is 2.10. The zero-order chi connectivity index (χ0) is 13.5. The largest absolute Gasteiger partial charge is 0.370 e. The summed E-state index contributed by atoms with van der Waals surface area (Å²) in [6.45, 7) is 5.81. The maximum absolute atomic E-state index is 4.44. The Morgan fingerprint density at radius 3 is 2.84 bits per heavy atom. The second-order valence-corrected chi connectivity index (χ2v) is 5.02. The van der Waals surface area contributed by atoms with Crippen molar-refractivity contribution >= 4 is 23.1 Å². The van der Waals surface area contributed by atoms with Gasteiger partial charge in [0.05, 0.1) is 11.2 Å². The third-order valence-corrected chi connectivity index (χ3v) is 3.19. The third kappa shape index (κ3) is 4.48. The highest BCUT2D eigenvalue weighted by molar-refractivity contribution is 7.07. The quantitative estimate of drug-likeness (QED) is 0.814. The molecule has 0 radical (unpaired) electrons. The lowest BCUT2D eigenvalue weighted by Crippen LogP contribution is -2.10. The summed E-state index contributed by atoms with van der Waals surface area (Å²) in [6.07, 6.45) is 1.97. The molecule has 2 aromatic heterocycles. The molecule has 0 fully saturated rings. The standard InChI is InChI=1S/C13H19N5S/c1-3-5-15-13-17-10(2)7-12(18-13)14-6-4-11-8-19-9-16-11/h7-9H,3-6H2,1-2H3,(H2,14,15,17,18). The summed E-state index contributed by atoms with van der Waals surface area (Å²) in [5.41, 5.74) is 3.94. The molecule has 19 heavy (non-hydrogen) atoms. The van der Waals surface area contributed by atoms with Crippen molar-refractivity contribution in [3.63, 3.8) is 0 Å². The normalized spacial score (nSPS) is 10.4. The fourth-order valence-corrected chi connectivity index (χ4v) is 2.25. The Balaban J connectivity index is 1.90. The molecule has 2 rings (SSSR count). The highest BCUT2D eigenvalue weighted by atomic mass is 32.1. The number of hydrogen-bond acceptors (Lipinski definition) is 6. The van der Waals surface area contributed by atoms with Gasteiger partial charge in [0.1, 0.15) is 5.82 Å². The van der Waals surface area contributed by atoms with Crippen LogP contribution < -0.4 is 10.6 Å². The topological polar surface area (TPSA) is 62.7 Å². The van der Waals surface area contributed by atoms with Gasteiger partial charge < -0.3 is 10.6 Å². The summed E-state index contributed by atoms with van der Waals surface area (Å²) >= 11 is 1.63. The Kier molecular flexibility index (Phi) is 5.09. The number of nitrogens with one attached hydrogen (secondary N) is 2. The molecule has 0 aliphatic carbocycles. The summed E-state index contributed by atoms with van der Waals surface area (Å²) in [7, 11) is 0. The molecule has 5 nitrogen and oxygen atoms in total. The van der Waals surface area contributed by atoms with E-state index in [0.717, 1.165) is 43.1 Å². The second kappa shape index (κ2) is 7.04. The van der Waals surface area contributed by atoms with Crippen LogP contribution in [0.1, 0.15) is 24.7 Å². The molecule has 0 saturated heterocycles. The summed E-state index contributed by atoms with van der Waals surface area (Å²) < 4.78 is 0. The number of rotatable bonds is 7. The molecule has 2 N–H and O–H groups in total. The monoisotopic (exact) mass is 277 g/mol. The van der Waals surface area contributed by atoms with E-state index in [1.54, 1.807) is 11.3 Å². The third-order valence-electron chi connectivity index (χ3n) is 2.56. The maximum Gasteiger partial charge on any atom is 0.224 e. The van der Waals surface area contributed by atoms with Crippen molar-refractivity contribution in [1.82, 2.24) is 15.0 Å². The Morgan fingerprint density at radius 1 is 1.21 bits per heavy atom. The van der Waals surface area contributed by atoms with Gasteiger partial charge in [0.15, 0.2) is 0 Å². The molecule has 0 aliphatic heterocycles. The molecule has 0 saturated carbocycles. The van der Waals surface area contributed by atoms with Crippen molar-refractivity contribution in [3.8, 4) is 0 Å². The summed E-state index contributed by atoms with van der Waals surface area (Å²) in [4.78, 5) is 13.1. The first kappa shape index (κ1) is 13.7. The van der Waals surface area contributed by atoms with Gasteiger partial charge >= 0.3 is 0 Å². The minimum Gasteiger partial charge on any atom is -0.370 e. The van der Waals surface area contributed by atoms with Gasteiger partial charge in [-0.2, -0.15) is 4.98 Å². The average Bonchev–Trinajstić information content (AvgIpc) is 2.89. The van der Waals surface area contributed by atoms with Crippen LogP contribution in [-0.4, -0.2) is 28.0 Å². The number of aryl methyl sites for hydroxylation is 1. The highest BCUT2D eigenvalue weighted by Gasteiger charge is 2.02. The first-order valence-electron chi connectivity index (χ1n) is 6.48. The van der Waals surface area contributed by atoms with Crippen LogP contribution in [-0.2, 0) is 6.42 Å². The van der Waals surface area contributed by atoms with Crippen LogP contribution in [0.4, 0.5) is 11.8 Å². The Morgan fingerprint density at radius 2 is 2.11 bits per heavy atom. The molecular weight excluding hydrogens is 258 g/mol. The molecule has 0 bridgehead atoms. The summed E-state index contributed by atoms with van der Waals surface area (Å²) in [5, 5.41) is 8.59. The van der Waals surface area contributed by atoms with Gasteiger partial charge in [0.25, 0.3) is 0 Å². The minimum atomic E-state index is 0.693. The molecule has 0 amide bonds. The van der Waals surface area contributed by atoms with E-state index >= 15 is 0 Å². The molecule has 0 atom stereocenters. The van der Waals surface area contributed by atoms with Crippen LogP contribution in [0, 0.1) is 6.92 Å². The number of thiazole rings is 1. The Hall–Kier alpha value is -1.69. The van der Waals surface area contributed by atoms with Gasteiger partial charge in [-0.25, -0.2) is 9.97 Å². The van der Waals surface area contributed by atoms with E-state index in [0.29, 0.717) is 5.95 Å². The number of nitrogens with zero attached hydrogens (tertiary/aromatic N) is 3. The van der Waals surface area contributed by atoms with Crippen molar-refractivity contribution in [2.75, 3.05) is 23.7 Å². The zero-order valence-electron chi connectivity index (χ0n) is 11.3. The van der Waals surface area contributed by atoms with Gasteiger partial charge in [-0.15, -0.1) is 11.3 Å². The fraction of sp³-hybridized carbons (Fsp3) is 0.462. The molecular formula is C13H19N5S. The summed E-state index contributed by atoms with van der Waals surface area (Å²) in [5.74, 6) is 1.55. The van der Waals surface area contributed by atoms with E-state index < -0.39 is 0 Å².